The van der Waals surface area contributed by atoms with Crippen molar-refractivity contribution in [1.82, 2.24) is 5.32 Å². The van der Waals surface area contributed by atoms with Crippen LogP contribution in [0.25, 0.3) is 0 Å². The zero-order chi connectivity index (χ0) is 14.1. The van der Waals surface area contributed by atoms with E-state index in [4.69, 9.17) is 4.74 Å². The van der Waals surface area contributed by atoms with Gasteiger partial charge in [0.15, 0.2) is 0 Å². The van der Waals surface area contributed by atoms with Crippen molar-refractivity contribution in [1.29, 1.82) is 0 Å². The molecule has 2 aromatic carbocycles. The molecule has 0 saturated heterocycles. The lowest BCUT2D eigenvalue weighted by atomic mass is 9.92. The Kier molecular flexibility index (Phi) is 3.40. The van der Waals surface area contributed by atoms with Crippen molar-refractivity contribution in [3.8, 4) is 5.75 Å². The van der Waals surface area contributed by atoms with E-state index >= 15 is 0 Å². The fourth-order valence-corrected chi connectivity index (χ4v) is 2.69. The largest absolute Gasteiger partial charge is 0.485 e. The summed E-state index contributed by atoms with van der Waals surface area (Å²) in [4.78, 5) is 0. The first-order valence-electron chi connectivity index (χ1n) is 6.57. The number of hydrogen-bond donors (Lipinski definition) is 1. The molecule has 1 aliphatic rings. The molecule has 2 nitrogen and oxygen atoms in total. The van der Waals surface area contributed by atoms with E-state index in [0.29, 0.717) is 12.2 Å². The molecule has 0 fully saturated rings. The van der Waals surface area contributed by atoms with Gasteiger partial charge >= 0.3 is 0 Å². The van der Waals surface area contributed by atoms with Gasteiger partial charge < -0.3 is 10.1 Å². The van der Waals surface area contributed by atoms with Gasteiger partial charge in [-0.2, -0.15) is 0 Å². The average molecular weight is 275 g/mol. The maximum atomic E-state index is 13.9. The Hall–Kier alpha value is -1.94. The van der Waals surface area contributed by atoms with E-state index < -0.39 is 17.7 Å². The topological polar surface area (TPSA) is 21.3 Å². The predicted molar refractivity (Wildman–Crippen MR) is 72.6 cm³/mol. The van der Waals surface area contributed by atoms with E-state index in [9.17, 15) is 8.78 Å². The molecule has 1 N–H and O–H groups in total. The molecule has 104 valence electrons. The van der Waals surface area contributed by atoms with E-state index in [-0.39, 0.29) is 11.6 Å². The minimum absolute atomic E-state index is 0.00209. The third-order valence-corrected chi connectivity index (χ3v) is 3.68. The molecular formula is C16H15F2NO. The van der Waals surface area contributed by atoms with Gasteiger partial charge in [0.1, 0.15) is 23.5 Å². The summed E-state index contributed by atoms with van der Waals surface area (Å²) in [6.07, 6.45) is -0.130. The lowest BCUT2D eigenvalue weighted by molar-refractivity contribution is 0.145. The zero-order valence-electron chi connectivity index (χ0n) is 11.1. The molecule has 20 heavy (non-hydrogen) atoms. The van der Waals surface area contributed by atoms with Gasteiger partial charge in [-0.1, -0.05) is 24.3 Å². The van der Waals surface area contributed by atoms with Gasteiger partial charge in [0.2, 0.25) is 0 Å². The molecule has 1 heterocycles. The van der Waals surface area contributed by atoms with Crippen LogP contribution in [0.5, 0.6) is 5.75 Å². The van der Waals surface area contributed by atoms with Crippen LogP contribution in [0.3, 0.4) is 0 Å². The zero-order valence-corrected chi connectivity index (χ0v) is 11.1. The summed E-state index contributed by atoms with van der Waals surface area (Å²) in [7, 11) is 1.83. The molecule has 2 unspecified atom stereocenters. The second-order valence-corrected chi connectivity index (χ2v) is 4.86. The van der Waals surface area contributed by atoms with Gasteiger partial charge in [0.05, 0.1) is 5.56 Å². The number of fused-ring (bicyclic) bond motifs is 1. The van der Waals surface area contributed by atoms with Crippen molar-refractivity contribution in [3.05, 3.63) is 65.2 Å². The lowest BCUT2D eigenvalue weighted by Crippen LogP contribution is -2.27. The summed E-state index contributed by atoms with van der Waals surface area (Å²) >= 11 is 0. The first-order valence-corrected chi connectivity index (χ1v) is 6.57. The van der Waals surface area contributed by atoms with E-state index in [0.717, 1.165) is 5.56 Å². The Balaban J connectivity index is 2.02. The summed E-state index contributed by atoms with van der Waals surface area (Å²) in [5, 5.41) is 3.17. The Morgan fingerprint density at radius 2 is 1.75 bits per heavy atom. The third-order valence-electron chi connectivity index (χ3n) is 3.68. The molecule has 4 heteroatoms. The molecule has 2 atom stereocenters. The van der Waals surface area contributed by atoms with E-state index in [1.54, 1.807) is 0 Å². The predicted octanol–water partition coefficient (Wildman–Crippen LogP) is 3.75. The van der Waals surface area contributed by atoms with Gasteiger partial charge in [-0.25, -0.2) is 8.78 Å². The van der Waals surface area contributed by atoms with E-state index in [1.165, 1.54) is 18.2 Å². The molecule has 0 bridgehead atoms. The molecular weight excluding hydrogens is 260 g/mol. The minimum atomic E-state index is -0.622. The van der Waals surface area contributed by atoms with Crippen molar-refractivity contribution in [2.24, 2.45) is 0 Å². The van der Waals surface area contributed by atoms with Gasteiger partial charge in [0.25, 0.3) is 0 Å². The molecule has 0 aliphatic carbocycles. The number of para-hydroxylation sites is 1. The number of halogens is 2. The van der Waals surface area contributed by atoms with E-state index in [2.05, 4.69) is 5.32 Å². The number of hydrogen-bond acceptors (Lipinski definition) is 2. The van der Waals surface area contributed by atoms with Crippen molar-refractivity contribution in [2.75, 3.05) is 7.05 Å². The van der Waals surface area contributed by atoms with Crippen LogP contribution in [0.15, 0.2) is 42.5 Å². The normalized spacial score (nSPS) is 21.1. The monoisotopic (exact) mass is 275 g/mol. The Bertz CT molecular complexity index is 609. The summed E-state index contributed by atoms with van der Waals surface area (Å²) in [5.41, 5.74) is 1.02. The number of rotatable bonds is 2. The lowest BCUT2D eigenvalue weighted by Gasteiger charge is -2.32. The van der Waals surface area contributed by atoms with Crippen LogP contribution in [-0.4, -0.2) is 7.05 Å². The average Bonchev–Trinajstić information content (AvgIpc) is 2.46. The first kappa shape index (κ1) is 13.1. The molecule has 0 radical (unpaired) electrons. The summed E-state index contributed by atoms with van der Waals surface area (Å²) < 4.78 is 33.6. The van der Waals surface area contributed by atoms with Gasteiger partial charge in [-0.15, -0.1) is 0 Å². The first-order chi connectivity index (χ1) is 9.70. The van der Waals surface area contributed by atoms with Crippen LogP contribution < -0.4 is 10.1 Å². The second kappa shape index (κ2) is 5.21. The third kappa shape index (κ3) is 2.16. The number of benzene rings is 2. The molecule has 0 saturated carbocycles. The van der Waals surface area contributed by atoms with Crippen molar-refractivity contribution < 1.29 is 13.5 Å². The van der Waals surface area contributed by atoms with E-state index in [1.807, 2.05) is 31.3 Å². The van der Waals surface area contributed by atoms with Crippen LogP contribution in [0.1, 0.15) is 29.7 Å². The highest BCUT2D eigenvalue weighted by Crippen LogP contribution is 2.41. The van der Waals surface area contributed by atoms with Gasteiger partial charge in [-0.3, -0.25) is 0 Å². The smallest absolute Gasteiger partial charge is 0.133 e. The Morgan fingerprint density at radius 3 is 2.45 bits per heavy atom. The minimum Gasteiger partial charge on any atom is -0.485 e. The summed E-state index contributed by atoms with van der Waals surface area (Å²) in [6, 6.07) is 11.5. The fourth-order valence-electron chi connectivity index (χ4n) is 2.69. The highest BCUT2D eigenvalue weighted by atomic mass is 19.1. The van der Waals surface area contributed by atoms with Gasteiger partial charge in [0, 0.05) is 18.0 Å². The molecule has 3 rings (SSSR count). The fraction of sp³-hybridized carbons (Fsp3) is 0.250. The second-order valence-electron chi connectivity index (χ2n) is 4.86. The summed E-state index contributed by atoms with van der Waals surface area (Å²) in [6.45, 7) is 0. The highest BCUT2D eigenvalue weighted by molar-refractivity contribution is 5.39. The number of ether oxygens (including phenoxy) is 1. The Labute approximate surface area is 116 Å². The SMILES string of the molecule is CNC1CC(c2c(F)cccc2F)Oc2ccccc21. The van der Waals surface area contributed by atoms with Crippen molar-refractivity contribution >= 4 is 0 Å². The molecule has 0 amide bonds. The van der Waals surface area contributed by atoms with Crippen LogP contribution in [0, 0.1) is 11.6 Å². The molecule has 0 spiro atoms. The number of nitrogens with one attached hydrogen (secondary N) is 1. The van der Waals surface area contributed by atoms with Crippen LogP contribution >= 0.6 is 0 Å². The Morgan fingerprint density at radius 1 is 1.05 bits per heavy atom. The maximum absolute atomic E-state index is 13.9. The molecule has 0 aromatic heterocycles. The van der Waals surface area contributed by atoms with Crippen molar-refractivity contribution in [2.45, 2.75) is 18.6 Å². The summed E-state index contributed by atoms with van der Waals surface area (Å²) in [5.74, 6) is -0.459. The molecule has 2 aromatic rings. The van der Waals surface area contributed by atoms with Gasteiger partial charge in [-0.05, 0) is 25.2 Å². The quantitative estimate of drug-likeness (QED) is 0.901. The maximum Gasteiger partial charge on any atom is 0.133 e. The standard InChI is InChI=1S/C16H15F2NO/c1-19-13-9-15(16-11(17)6-4-7-12(16)18)20-14-8-3-2-5-10(13)14/h2-8,13,15,19H,9H2,1H3. The van der Waals surface area contributed by atoms with Crippen molar-refractivity contribution in [3.63, 3.8) is 0 Å². The van der Waals surface area contributed by atoms with Crippen LogP contribution in [-0.2, 0) is 0 Å². The molecule has 1 aliphatic heterocycles. The highest BCUT2D eigenvalue weighted by Gasteiger charge is 2.31. The van der Waals surface area contributed by atoms with Crippen LogP contribution in [0.2, 0.25) is 0 Å². The van der Waals surface area contributed by atoms with Crippen LogP contribution in [0.4, 0.5) is 8.78 Å².